The van der Waals surface area contributed by atoms with Gasteiger partial charge in [-0.2, -0.15) is 0 Å². The third-order valence-electron chi connectivity index (χ3n) is 5.74. The molecule has 0 bridgehead atoms. The number of hydrogen-bond donors (Lipinski definition) is 0. The van der Waals surface area contributed by atoms with Crippen molar-refractivity contribution in [3.8, 4) is 0 Å². The van der Waals surface area contributed by atoms with Gasteiger partial charge in [0.25, 0.3) is 0 Å². The average molecular weight is 390 g/mol. The van der Waals surface area contributed by atoms with Gasteiger partial charge in [-0.1, -0.05) is 67.1 Å². The van der Waals surface area contributed by atoms with Crippen LogP contribution in [-0.4, -0.2) is 18.3 Å². The molecule has 0 radical (unpaired) electrons. The molecule has 29 heavy (non-hydrogen) atoms. The summed E-state index contributed by atoms with van der Waals surface area (Å²) in [6.07, 6.45) is 6.32. The monoisotopic (exact) mass is 389 g/mol. The summed E-state index contributed by atoms with van der Waals surface area (Å²) in [6.45, 7) is 6.63. The van der Waals surface area contributed by atoms with Crippen LogP contribution in [0.25, 0.3) is 0 Å². The van der Waals surface area contributed by atoms with Gasteiger partial charge < -0.3 is 4.74 Å². The Morgan fingerprint density at radius 3 is 2.45 bits per heavy atom. The largest absolute Gasteiger partial charge is 0.465 e. The topological polar surface area (TPSA) is 38.7 Å². The number of ether oxygens (including phenoxy) is 1. The quantitative estimate of drug-likeness (QED) is 0.384. The summed E-state index contributed by atoms with van der Waals surface area (Å²) < 4.78 is 5.56. The van der Waals surface area contributed by atoms with E-state index < -0.39 is 5.41 Å². The zero-order chi connectivity index (χ0) is 20.5. The van der Waals surface area contributed by atoms with E-state index in [1.54, 1.807) is 0 Å². The van der Waals surface area contributed by atoms with Crippen molar-refractivity contribution in [3.05, 3.63) is 78.4 Å². The number of para-hydroxylation sites is 1. The number of esters is 1. The van der Waals surface area contributed by atoms with Crippen molar-refractivity contribution in [1.29, 1.82) is 0 Å². The summed E-state index contributed by atoms with van der Waals surface area (Å²) >= 11 is 0. The molecule has 1 aliphatic rings. The van der Waals surface area contributed by atoms with E-state index in [0.717, 1.165) is 61.9 Å². The smallest absolute Gasteiger partial charge is 0.321 e. The fourth-order valence-electron chi connectivity index (χ4n) is 4.21. The molecule has 0 N–H and O–H groups in total. The standard InChI is InChI=1S/C26H31NO2/c1-3-29-25(28)26(21(2)13-12-16-22-14-6-4-7-15-22)20-11-10-19-24(26)27-23-17-8-5-9-18-23/h4-9,14-15,17-18H,2-3,10-13,16,19-20H2,1H3. The molecule has 0 aromatic heterocycles. The van der Waals surface area contributed by atoms with Crippen LogP contribution in [0.4, 0.5) is 5.69 Å². The summed E-state index contributed by atoms with van der Waals surface area (Å²) in [6, 6.07) is 20.3. The van der Waals surface area contributed by atoms with Gasteiger partial charge in [0, 0.05) is 5.71 Å². The fourth-order valence-corrected chi connectivity index (χ4v) is 4.21. The summed E-state index contributed by atoms with van der Waals surface area (Å²) in [5.41, 5.74) is 3.27. The summed E-state index contributed by atoms with van der Waals surface area (Å²) in [5.74, 6) is -0.181. The van der Waals surface area contributed by atoms with Gasteiger partial charge in [0.2, 0.25) is 0 Å². The van der Waals surface area contributed by atoms with Crippen molar-refractivity contribution in [2.75, 3.05) is 6.61 Å². The lowest BCUT2D eigenvalue weighted by Gasteiger charge is -2.38. The molecular formula is C26H31NO2. The molecule has 1 saturated carbocycles. The molecule has 2 aromatic rings. The normalized spacial score (nSPS) is 20.4. The molecule has 2 aromatic carbocycles. The Kier molecular flexibility index (Phi) is 7.40. The highest BCUT2D eigenvalue weighted by molar-refractivity contribution is 6.11. The molecule has 0 saturated heterocycles. The van der Waals surface area contributed by atoms with Crippen LogP contribution in [0.15, 0.2) is 77.8 Å². The number of aliphatic imine (C=N–C) groups is 1. The van der Waals surface area contributed by atoms with Crippen LogP contribution < -0.4 is 0 Å². The lowest BCUT2D eigenvalue weighted by Crippen LogP contribution is -2.44. The molecule has 0 heterocycles. The Morgan fingerprint density at radius 2 is 1.76 bits per heavy atom. The minimum absolute atomic E-state index is 0.181. The van der Waals surface area contributed by atoms with Crippen LogP contribution in [0, 0.1) is 5.41 Å². The maximum Gasteiger partial charge on any atom is 0.321 e. The predicted molar refractivity (Wildman–Crippen MR) is 120 cm³/mol. The lowest BCUT2D eigenvalue weighted by atomic mass is 9.66. The molecule has 1 fully saturated rings. The first-order valence-electron chi connectivity index (χ1n) is 10.7. The molecule has 3 nitrogen and oxygen atoms in total. The highest BCUT2D eigenvalue weighted by Gasteiger charge is 2.48. The number of benzene rings is 2. The minimum atomic E-state index is -0.791. The van der Waals surface area contributed by atoms with Crippen molar-refractivity contribution in [3.63, 3.8) is 0 Å². The van der Waals surface area contributed by atoms with Crippen LogP contribution in [0.3, 0.4) is 0 Å². The molecule has 3 heteroatoms. The maximum atomic E-state index is 13.2. The van der Waals surface area contributed by atoms with E-state index in [1.165, 1.54) is 5.56 Å². The van der Waals surface area contributed by atoms with E-state index in [4.69, 9.17) is 9.73 Å². The first-order chi connectivity index (χ1) is 14.2. The van der Waals surface area contributed by atoms with Gasteiger partial charge in [0.1, 0.15) is 5.41 Å². The zero-order valence-electron chi connectivity index (χ0n) is 17.4. The van der Waals surface area contributed by atoms with E-state index in [2.05, 4.69) is 30.8 Å². The number of rotatable bonds is 8. The van der Waals surface area contributed by atoms with Gasteiger partial charge in [-0.15, -0.1) is 0 Å². The molecular weight excluding hydrogens is 358 g/mol. The van der Waals surface area contributed by atoms with E-state index in [9.17, 15) is 4.79 Å². The van der Waals surface area contributed by atoms with E-state index in [0.29, 0.717) is 6.61 Å². The zero-order valence-corrected chi connectivity index (χ0v) is 17.4. The molecule has 0 amide bonds. The molecule has 1 atom stereocenters. The number of aryl methyl sites for hydroxylation is 1. The second-order valence-corrected chi connectivity index (χ2v) is 7.67. The highest BCUT2D eigenvalue weighted by atomic mass is 16.5. The Hall–Kier alpha value is -2.68. The maximum absolute atomic E-state index is 13.2. The van der Waals surface area contributed by atoms with Crippen molar-refractivity contribution in [2.45, 2.75) is 51.9 Å². The Balaban J connectivity index is 1.85. The minimum Gasteiger partial charge on any atom is -0.465 e. The Labute approximate surface area is 174 Å². The second kappa shape index (κ2) is 10.2. The van der Waals surface area contributed by atoms with Crippen molar-refractivity contribution >= 4 is 17.4 Å². The molecule has 0 spiro atoms. The number of carbonyl (C=O) groups is 1. The van der Waals surface area contributed by atoms with Crippen molar-refractivity contribution in [1.82, 2.24) is 0 Å². The third kappa shape index (κ3) is 5.03. The summed E-state index contributed by atoms with van der Waals surface area (Å²) in [4.78, 5) is 18.1. The Morgan fingerprint density at radius 1 is 1.07 bits per heavy atom. The van der Waals surface area contributed by atoms with Gasteiger partial charge in [-0.25, -0.2) is 0 Å². The first-order valence-corrected chi connectivity index (χ1v) is 10.7. The number of nitrogens with zero attached hydrogens (tertiary/aromatic N) is 1. The lowest BCUT2D eigenvalue weighted by molar-refractivity contribution is -0.150. The Bertz CT molecular complexity index is 842. The van der Waals surface area contributed by atoms with Crippen LogP contribution in [0.1, 0.15) is 51.0 Å². The summed E-state index contributed by atoms with van der Waals surface area (Å²) in [7, 11) is 0. The SMILES string of the molecule is C=C(CCCc1ccccc1)C1(C(=O)OCC)CCCCC1=Nc1ccccc1. The van der Waals surface area contributed by atoms with E-state index in [1.807, 2.05) is 43.3 Å². The van der Waals surface area contributed by atoms with Gasteiger partial charge in [-0.3, -0.25) is 9.79 Å². The van der Waals surface area contributed by atoms with Crippen LogP contribution in [-0.2, 0) is 16.0 Å². The van der Waals surface area contributed by atoms with Gasteiger partial charge in [-0.05, 0) is 63.1 Å². The second-order valence-electron chi connectivity index (χ2n) is 7.67. The molecule has 0 aliphatic heterocycles. The first kappa shape index (κ1) is 21.0. The third-order valence-corrected chi connectivity index (χ3v) is 5.74. The summed E-state index contributed by atoms with van der Waals surface area (Å²) in [5, 5.41) is 0. The van der Waals surface area contributed by atoms with Crippen LogP contribution in [0.2, 0.25) is 0 Å². The number of carbonyl (C=O) groups excluding carboxylic acids is 1. The molecule has 3 rings (SSSR count). The van der Waals surface area contributed by atoms with Gasteiger partial charge in [0.05, 0.1) is 12.3 Å². The molecule has 152 valence electrons. The highest BCUT2D eigenvalue weighted by Crippen LogP contribution is 2.44. The van der Waals surface area contributed by atoms with Crippen LogP contribution in [0.5, 0.6) is 0 Å². The van der Waals surface area contributed by atoms with Crippen LogP contribution >= 0.6 is 0 Å². The van der Waals surface area contributed by atoms with E-state index >= 15 is 0 Å². The molecule has 1 aliphatic carbocycles. The van der Waals surface area contributed by atoms with Crippen molar-refractivity contribution < 1.29 is 9.53 Å². The number of hydrogen-bond acceptors (Lipinski definition) is 3. The fraction of sp³-hybridized carbons (Fsp3) is 0.385. The van der Waals surface area contributed by atoms with E-state index in [-0.39, 0.29) is 5.97 Å². The van der Waals surface area contributed by atoms with Gasteiger partial charge >= 0.3 is 5.97 Å². The average Bonchev–Trinajstić information content (AvgIpc) is 2.76. The van der Waals surface area contributed by atoms with Gasteiger partial charge in [0.15, 0.2) is 0 Å². The molecule has 1 unspecified atom stereocenters. The van der Waals surface area contributed by atoms with Crippen molar-refractivity contribution in [2.24, 2.45) is 10.4 Å². The predicted octanol–water partition coefficient (Wildman–Crippen LogP) is 6.46.